The van der Waals surface area contributed by atoms with Crippen LogP contribution >= 0.6 is 22.6 Å². The highest BCUT2D eigenvalue weighted by Gasteiger charge is 2.17. The Kier molecular flexibility index (Phi) is 3.47. The fourth-order valence-electron chi connectivity index (χ4n) is 0.672. The third-order valence-electron chi connectivity index (χ3n) is 1.82. The molecular formula is C9H13IN2O. The molecular weight excluding hydrogens is 279 g/mol. The molecule has 0 spiro atoms. The summed E-state index contributed by atoms with van der Waals surface area (Å²) < 4.78 is 6.59. The number of ether oxygens (including phenoxy) is 1. The van der Waals surface area contributed by atoms with Gasteiger partial charge in [0.2, 0.25) is 0 Å². The molecule has 0 radical (unpaired) electrons. The van der Waals surface area contributed by atoms with Crippen molar-refractivity contribution in [2.75, 3.05) is 0 Å². The molecule has 1 aromatic rings. The number of aromatic nitrogens is 2. The Balaban J connectivity index is 2.69. The highest BCUT2D eigenvalue weighted by atomic mass is 127. The molecule has 0 bridgehead atoms. The van der Waals surface area contributed by atoms with Gasteiger partial charge in [0.1, 0.15) is 5.60 Å². The number of hydrogen-bond acceptors (Lipinski definition) is 3. The molecule has 0 saturated carbocycles. The Bertz CT molecular complexity index is 271. The molecule has 1 rings (SSSR count). The first-order chi connectivity index (χ1) is 6.03. The van der Waals surface area contributed by atoms with Gasteiger partial charge in [-0.05, 0) is 42.9 Å². The second-order valence-electron chi connectivity index (χ2n) is 3.40. The average molecular weight is 292 g/mol. The van der Waals surface area contributed by atoms with Gasteiger partial charge in [-0.2, -0.15) is 0 Å². The Labute approximate surface area is 92.1 Å². The van der Waals surface area contributed by atoms with E-state index in [-0.39, 0.29) is 5.60 Å². The minimum atomic E-state index is -0.188. The molecule has 13 heavy (non-hydrogen) atoms. The Morgan fingerprint density at radius 3 is 2.38 bits per heavy atom. The predicted octanol–water partition coefficient (Wildman–Crippen LogP) is 2.65. The van der Waals surface area contributed by atoms with Crippen molar-refractivity contribution in [1.29, 1.82) is 0 Å². The Hall–Kier alpha value is -0.390. The minimum absolute atomic E-state index is 0.188. The van der Waals surface area contributed by atoms with Crippen LogP contribution in [0.4, 0.5) is 0 Å². The van der Waals surface area contributed by atoms with Gasteiger partial charge in [-0.1, -0.05) is 6.92 Å². The maximum atomic E-state index is 5.58. The molecule has 1 heterocycles. The molecule has 0 fully saturated rings. The highest BCUT2D eigenvalue weighted by molar-refractivity contribution is 14.1. The van der Waals surface area contributed by atoms with Crippen LogP contribution in [0.3, 0.4) is 0 Å². The van der Waals surface area contributed by atoms with Crippen LogP contribution in [0.5, 0.6) is 6.01 Å². The summed E-state index contributed by atoms with van der Waals surface area (Å²) in [6.45, 7) is 6.12. The average Bonchev–Trinajstić information content (AvgIpc) is 2.09. The Morgan fingerprint density at radius 2 is 1.92 bits per heavy atom. The van der Waals surface area contributed by atoms with Crippen LogP contribution in [0, 0.1) is 3.57 Å². The predicted molar refractivity (Wildman–Crippen MR) is 59.7 cm³/mol. The van der Waals surface area contributed by atoms with Gasteiger partial charge >= 0.3 is 6.01 Å². The highest BCUT2D eigenvalue weighted by Crippen LogP contribution is 2.16. The summed E-state index contributed by atoms with van der Waals surface area (Å²) >= 11 is 2.16. The van der Waals surface area contributed by atoms with E-state index < -0.39 is 0 Å². The van der Waals surface area contributed by atoms with Gasteiger partial charge in [0.15, 0.2) is 0 Å². The van der Waals surface area contributed by atoms with Gasteiger partial charge in [0.25, 0.3) is 0 Å². The van der Waals surface area contributed by atoms with E-state index in [0.717, 1.165) is 9.99 Å². The van der Waals surface area contributed by atoms with Crippen molar-refractivity contribution in [2.24, 2.45) is 0 Å². The zero-order valence-electron chi connectivity index (χ0n) is 8.04. The van der Waals surface area contributed by atoms with Crippen LogP contribution in [-0.4, -0.2) is 15.6 Å². The van der Waals surface area contributed by atoms with Crippen molar-refractivity contribution >= 4 is 22.6 Å². The van der Waals surface area contributed by atoms with Crippen molar-refractivity contribution in [1.82, 2.24) is 9.97 Å². The van der Waals surface area contributed by atoms with Gasteiger partial charge in [-0.15, -0.1) is 0 Å². The van der Waals surface area contributed by atoms with E-state index in [2.05, 4.69) is 39.5 Å². The fourth-order valence-corrected chi connectivity index (χ4v) is 0.951. The summed E-state index contributed by atoms with van der Waals surface area (Å²) in [5, 5.41) is 0. The zero-order chi connectivity index (χ0) is 9.90. The third kappa shape index (κ3) is 3.46. The first-order valence-electron chi connectivity index (χ1n) is 4.20. The number of hydrogen-bond donors (Lipinski definition) is 0. The lowest BCUT2D eigenvalue weighted by molar-refractivity contribution is 0.0923. The molecule has 0 unspecified atom stereocenters. The standard InChI is InChI=1S/C9H13IN2O/c1-4-9(2,3)13-8-11-5-7(10)6-12-8/h5-6H,4H2,1-3H3. The van der Waals surface area contributed by atoms with Gasteiger partial charge in [-0.25, -0.2) is 9.97 Å². The molecule has 0 amide bonds. The van der Waals surface area contributed by atoms with Crippen LogP contribution in [0.2, 0.25) is 0 Å². The third-order valence-corrected chi connectivity index (χ3v) is 2.37. The lowest BCUT2D eigenvalue weighted by Gasteiger charge is -2.22. The van der Waals surface area contributed by atoms with Crippen molar-refractivity contribution in [2.45, 2.75) is 32.8 Å². The van der Waals surface area contributed by atoms with Crippen molar-refractivity contribution in [3.63, 3.8) is 0 Å². The smallest absolute Gasteiger partial charge is 0.316 e. The van der Waals surface area contributed by atoms with Gasteiger partial charge in [0.05, 0.1) is 0 Å². The van der Waals surface area contributed by atoms with Gasteiger partial charge in [0, 0.05) is 16.0 Å². The van der Waals surface area contributed by atoms with Crippen LogP contribution in [0.15, 0.2) is 12.4 Å². The van der Waals surface area contributed by atoms with E-state index in [9.17, 15) is 0 Å². The maximum absolute atomic E-state index is 5.58. The number of nitrogens with zero attached hydrogens (tertiary/aromatic N) is 2. The summed E-state index contributed by atoms with van der Waals surface area (Å²) in [4.78, 5) is 8.14. The maximum Gasteiger partial charge on any atom is 0.316 e. The molecule has 0 aromatic carbocycles. The van der Waals surface area contributed by atoms with E-state index in [1.807, 2.05) is 13.8 Å². The second-order valence-corrected chi connectivity index (χ2v) is 4.64. The SMILES string of the molecule is CCC(C)(C)Oc1ncc(I)cn1. The van der Waals surface area contributed by atoms with Crippen molar-refractivity contribution < 1.29 is 4.74 Å². The molecule has 0 atom stereocenters. The largest absolute Gasteiger partial charge is 0.457 e. The van der Waals surface area contributed by atoms with E-state index in [1.165, 1.54) is 0 Å². The molecule has 0 aliphatic rings. The van der Waals surface area contributed by atoms with E-state index >= 15 is 0 Å². The lowest BCUT2D eigenvalue weighted by Crippen LogP contribution is -2.27. The number of rotatable bonds is 3. The van der Waals surface area contributed by atoms with Crippen LogP contribution in [0.25, 0.3) is 0 Å². The number of halogens is 1. The van der Waals surface area contributed by atoms with E-state index in [4.69, 9.17) is 4.74 Å². The van der Waals surface area contributed by atoms with Crippen molar-refractivity contribution in [3.05, 3.63) is 16.0 Å². The van der Waals surface area contributed by atoms with Gasteiger partial charge in [-0.3, -0.25) is 0 Å². The zero-order valence-corrected chi connectivity index (χ0v) is 10.2. The molecule has 4 heteroatoms. The lowest BCUT2D eigenvalue weighted by atomic mass is 10.1. The summed E-state index contributed by atoms with van der Waals surface area (Å²) in [5.41, 5.74) is -0.188. The monoisotopic (exact) mass is 292 g/mol. The Morgan fingerprint density at radius 1 is 1.38 bits per heavy atom. The van der Waals surface area contributed by atoms with E-state index in [0.29, 0.717) is 6.01 Å². The fraction of sp³-hybridized carbons (Fsp3) is 0.556. The molecule has 0 aliphatic carbocycles. The van der Waals surface area contributed by atoms with Crippen molar-refractivity contribution in [3.8, 4) is 6.01 Å². The summed E-state index contributed by atoms with van der Waals surface area (Å²) in [6, 6.07) is 0.451. The normalized spacial score (nSPS) is 11.4. The molecule has 0 saturated heterocycles. The van der Waals surface area contributed by atoms with Gasteiger partial charge < -0.3 is 4.74 Å². The molecule has 3 nitrogen and oxygen atoms in total. The molecule has 1 aromatic heterocycles. The summed E-state index contributed by atoms with van der Waals surface area (Å²) in [6.07, 6.45) is 4.42. The quantitative estimate of drug-likeness (QED) is 0.803. The topological polar surface area (TPSA) is 35.0 Å². The summed E-state index contributed by atoms with van der Waals surface area (Å²) in [5.74, 6) is 0. The molecule has 0 aliphatic heterocycles. The first kappa shape index (κ1) is 10.7. The second kappa shape index (κ2) is 4.21. The summed E-state index contributed by atoms with van der Waals surface area (Å²) in [7, 11) is 0. The van der Waals surface area contributed by atoms with Crippen LogP contribution in [0.1, 0.15) is 27.2 Å². The van der Waals surface area contributed by atoms with Crippen LogP contribution in [-0.2, 0) is 0 Å². The van der Waals surface area contributed by atoms with E-state index in [1.54, 1.807) is 12.4 Å². The molecule has 0 N–H and O–H groups in total. The first-order valence-corrected chi connectivity index (χ1v) is 5.28. The van der Waals surface area contributed by atoms with Crippen LogP contribution < -0.4 is 4.74 Å². The minimum Gasteiger partial charge on any atom is -0.457 e. The molecule has 72 valence electrons.